The summed E-state index contributed by atoms with van der Waals surface area (Å²) < 4.78 is 19.2. The fourth-order valence-corrected chi connectivity index (χ4v) is 4.73. The predicted molar refractivity (Wildman–Crippen MR) is 156 cm³/mol. The molecule has 3 amide bonds. The number of ether oxygens (including phenoxy) is 1. The number of benzene rings is 3. The van der Waals surface area contributed by atoms with E-state index in [2.05, 4.69) is 10.6 Å². The van der Waals surface area contributed by atoms with Crippen LogP contribution in [0.3, 0.4) is 0 Å². The maximum atomic E-state index is 13.8. The number of para-hydroxylation sites is 1. The van der Waals surface area contributed by atoms with E-state index in [0.717, 1.165) is 12.5 Å². The zero-order valence-corrected chi connectivity index (χ0v) is 23.6. The highest BCUT2D eigenvalue weighted by molar-refractivity contribution is 6.00. The molecule has 4 rings (SSSR count). The maximum Gasteiger partial charge on any atom is 0.335 e. The highest BCUT2D eigenvalue weighted by atomic mass is 19.1. The summed E-state index contributed by atoms with van der Waals surface area (Å²) in [7, 11) is 1.42. The molecule has 1 saturated heterocycles. The number of hydrogen-bond acceptors (Lipinski definition) is 6. The number of halogens is 1. The molecule has 1 atom stereocenters. The molecule has 3 aromatic carbocycles. The molecular weight excluding hydrogens is 547 g/mol. The molecule has 0 bridgehead atoms. The highest BCUT2D eigenvalue weighted by Crippen LogP contribution is 2.30. The van der Waals surface area contributed by atoms with Crippen LogP contribution in [0.25, 0.3) is 0 Å². The Kier molecular flexibility index (Phi) is 10.9. The van der Waals surface area contributed by atoms with Crippen LogP contribution < -0.4 is 15.4 Å². The van der Waals surface area contributed by atoms with E-state index in [1.165, 1.54) is 37.4 Å². The Morgan fingerprint density at radius 2 is 1.79 bits per heavy atom. The van der Waals surface area contributed by atoms with Crippen LogP contribution in [0.4, 0.5) is 26.2 Å². The molecule has 42 heavy (non-hydrogen) atoms. The van der Waals surface area contributed by atoms with Crippen LogP contribution in [0, 0.1) is 15.9 Å². The first-order chi connectivity index (χ1) is 20.2. The summed E-state index contributed by atoms with van der Waals surface area (Å²) in [5.74, 6) is -1.70. The van der Waals surface area contributed by atoms with Crippen LogP contribution in [-0.4, -0.2) is 52.5 Å². The van der Waals surface area contributed by atoms with Crippen LogP contribution in [0.2, 0.25) is 0 Å². The van der Waals surface area contributed by atoms with E-state index in [9.17, 15) is 28.9 Å². The lowest BCUT2D eigenvalue weighted by Gasteiger charge is -2.25. The summed E-state index contributed by atoms with van der Waals surface area (Å²) in [4.78, 5) is 49.5. The van der Waals surface area contributed by atoms with E-state index in [-0.39, 0.29) is 41.7 Å². The molecule has 11 nitrogen and oxygen atoms in total. The molecule has 12 heteroatoms. The number of aromatic carboxylic acids is 1. The van der Waals surface area contributed by atoms with Crippen LogP contribution in [0.1, 0.15) is 48.2 Å². The lowest BCUT2D eigenvalue weighted by atomic mass is 10.00. The molecule has 3 N–H and O–H groups in total. The summed E-state index contributed by atoms with van der Waals surface area (Å²) >= 11 is 0. The van der Waals surface area contributed by atoms with Gasteiger partial charge < -0.3 is 25.4 Å². The van der Waals surface area contributed by atoms with Gasteiger partial charge in [-0.3, -0.25) is 14.9 Å². The molecule has 1 fully saturated rings. The number of carbonyl (C=O) groups excluding carboxylic acids is 2. The van der Waals surface area contributed by atoms with Gasteiger partial charge in [-0.05, 0) is 55.2 Å². The molecule has 3 aromatic rings. The number of anilines is 2. The average molecular weight is 581 g/mol. The van der Waals surface area contributed by atoms with Crippen molar-refractivity contribution in [1.29, 1.82) is 0 Å². The minimum Gasteiger partial charge on any atom is -0.495 e. The molecule has 0 saturated carbocycles. The summed E-state index contributed by atoms with van der Waals surface area (Å²) in [6, 6.07) is 13.5. The number of carbonyl (C=O) groups is 3. The summed E-state index contributed by atoms with van der Waals surface area (Å²) in [5.41, 5.74) is 0.875. The van der Waals surface area contributed by atoms with E-state index in [0.29, 0.717) is 35.5 Å². The number of likely N-dealkylation sites (tertiary alicyclic amines) is 1. The van der Waals surface area contributed by atoms with E-state index in [1.807, 2.05) is 13.8 Å². The fourth-order valence-electron chi connectivity index (χ4n) is 4.73. The van der Waals surface area contributed by atoms with Crippen LogP contribution >= 0.6 is 0 Å². The van der Waals surface area contributed by atoms with Gasteiger partial charge >= 0.3 is 12.0 Å². The molecule has 1 aliphatic heterocycles. The smallest absolute Gasteiger partial charge is 0.335 e. The van der Waals surface area contributed by atoms with Gasteiger partial charge in [0.1, 0.15) is 11.6 Å². The summed E-state index contributed by atoms with van der Waals surface area (Å²) in [6.07, 6.45) is 1.66. The van der Waals surface area contributed by atoms with Crippen molar-refractivity contribution < 1.29 is 33.5 Å². The second kappa shape index (κ2) is 14.6. The quantitative estimate of drug-likeness (QED) is 0.211. The molecule has 0 spiro atoms. The number of nitro groups is 1. The third-order valence-corrected chi connectivity index (χ3v) is 6.67. The minimum absolute atomic E-state index is 0.0181. The molecule has 0 aromatic heterocycles. The van der Waals surface area contributed by atoms with Crippen molar-refractivity contribution in [1.82, 2.24) is 4.90 Å². The molecule has 1 unspecified atom stereocenters. The normalized spacial score (nSPS) is 13.9. The third kappa shape index (κ3) is 7.80. The van der Waals surface area contributed by atoms with Gasteiger partial charge in [0.25, 0.3) is 5.69 Å². The largest absolute Gasteiger partial charge is 0.495 e. The van der Waals surface area contributed by atoms with Crippen molar-refractivity contribution in [3.63, 3.8) is 0 Å². The molecule has 0 radical (unpaired) electrons. The van der Waals surface area contributed by atoms with E-state index in [4.69, 9.17) is 9.84 Å². The number of nitrogens with zero attached hydrogens (tertiary/aromatic N) is 2. The Labute approximate surface area is 242 Å². The number of hydrogen-bond donors (Lipinski definition) is 3. The number of nitrogens with one attached hydrogen (secondary N) is 2. The van der Waals surface area contributed by atoms with Crippen molar-refractivity contribution >= 4 is 35.0 Å². The highest BCUT2D eigenvalue weighted by Gasteiger charge is 2.31. The molecule has 1 heterocycles. The molecule has 0 aliphatic carbocycles. The first kappa shape index (κ1) is 31.5. The predicted octanol–water partition coefficient (Wildman–Crippen LogP) is 5.89. The van der Waals surface area contributed by atoms with Gasteiger partial charge in [0, 0.05) is 24.2 Å². The van der Waals surface area contributed by atoms with Crippen LogP contribution in [-0.2, 0) is 17.6 Å². The number of amides is 3. The standard InChI is InChI=1S/C28H27FN4O7.C2H6/c1-40-25-13-17(8-11-23(25)31-28(37)30-22-7-3-2-6-21(22)29)14-26(34)32-12-4-5-20(32)15-18-9-10-19(27(35)36)16-24(18)33(38)39;1-2/h2-3,6-11,13,16,20H,4-5,12,14-15H2,1H3,(H,35,36)(H2,30,31,37);1-2H3. The Bertz CT molecular complexity index is 1460. The van der Waals surface area contributed by atoms with Crippen molar-refractivity contribution in [3.8, 4) is 5.75 Å². The van der Waals surface area contributed by atoms with Gasteiger partial charge in [-0.2, -0.15) is 0 Å². The lowest BCUT2D eigenvalue weighted by molar-refractivity contribution is -0.385. The number of carboxylic acid groups (broad SMARTS) is 1. The van der Waals surface area contributed by atoms with Gasteiger partial charge in [0.2, 0.25) is 5.91 Å². The molecule has 222 valence electrons. The van der Waals surface area contributed by atoms with E-state index >= 15 is 0 Å². The second-order valence-corrected chi connectivity index (χ2v) is 9.26. The van der Waals surface area contributed by atoms with Crippen molar-refractivity contribution in [3.05, 3.63) is 93.3 Å². The van der Waals surface area contributed by atoms with Gasteiger partial charge in [0.15, 0.2) is 0 Å². The number of urea groups is 1. The summed E-state index contributed by atoms with van der Waals surface area (Å²) in [5, 5.41) is 25.8. The Morgan fingerprint density at radius 3 is 2.45 bits per heavy atom. The first-order valence-electron chi connectivity index (χ1n) is 13.5. The van der Waals surface area contributed by atoms with Gasteiger partial charge in [0.05, 0.1) is 35.4 Å². The Hall–Kier alpha value is -5.00. The van der Waals surface area contributed by atoms with E-state index in [1.54, 1.807) is 29.2 Å². The number of methoxy groups -OCH3 is 1. The second-order valence-electron chi connectivity index (χ2n) is 9.26. The van der Waals surface area contributed by atoms with Gasteiger partial charge in [-0.15, -0.1) is 0 Å². The first-order valence-corrected chi connectivity index (χ1v) is 13.5. The average Bonchev–Trinajstić information content (AvgIpc) is 3.44. The van der Waals surface area contributed by atoms with Gasteiger partial charge in [-0.25, -0.2) is 14.0 Å². The zero-order chi connectivity index (χ0) is 30.8. The Morgan fingerprint density at radius 1 is 1.07 bits per heavy atom. The van der Waals surface area contributed by atoms with Crippen molar-refractivity contribution in [2.45, 2.75) is 45.6 Å². The number of carboxylic acids is 1. The monoisotopic (exact) mass is 580 g/mol. The van der Waals surface area contributed by atoms with Crippen molar-refractivity contribution in [2.75, 3.05) is 24.3 Å². The SMILES string of the molecule is CC.COc1cc(CC(=O)N2CCCC2Cc2ccc(C(=O)O)cc2[N+](=O)[O-])ccc1NC(=O)Nc1ccccc1F. The zero-order valence-electron chi connectivity index (χ0n) is 23.6. The lowest BCUT2D eigenvalue weighted by Crippen LogP contribution is -2.37. The number of nitro benzene ring substituents is 1. The fraction of sp³-hybridized carbons (Fsp3) is 0.300. The van der Waals surface area contributed by atoms with Crippen molar-refractivity contribution in [2.24, 2.45) is 0 Å². The minimum atomic E-state index is -1.25. The molecule has 1 aliphatic rings. The van der Waals surface area contributed by atoms with Gasteiger partial charge in [-0.1, -0.05) is 38.1 Å². The Balaban J connectivity index is 0.00000237. The summed E-state index contributed by atoms with van der Waals surface area (Å²) in [6.45, 7) is 4.50. The number of rotatable bonds is 9. The maximum absolute atomic E-state index is 13.8. The topological polar surface area (TPSA) is 151 Å². The van der Waals surface area contributed by atoms with Crippen LogP contribution in [0.15, 0.2) is 60.7 Å². The third-order valence-electron chi connectivity index (χ3n) is 6.67. The molecular formula is C30H33FN4O7. The van der Waals surface area contributed by atoms with E-state index < -0.39 is 22.7 Å². The van der Waals surface area contributed by atoms with Crippen LogP contribution in [0.5, 0.6) is 5.75 Å².